The predicted octanol–water partition coefficient (Wildman–Crippen LogP) is 0.564. The average Bonchev–Trinajstić information content (AvgIpc) is 2.27. The largest absolute Gasteiger partial charge is 0.389 e. The lowest BCUT2D eigenvalue weighted by Gasteiger charge is -2.18. The topological polar surface area (TPSA) is 92.4 Å². The molecule has 0 atom stereocenters. The van der Waals surface area contributed by atoms with Crippen LogP contribution in [0.4, 0.5) is 8.78 Å². The van der Waals surface area contributed by atoms with Crippen molar-refractivity contribution in [1.82, 2.24) is 5.32 Å². The minimum Gasteiger partial charge on any atom is -0.389 e. The molecule has 1 rings (SSSR count). The number of carbonyl (C=O) groups is 2. The van der Waals surface area contributed by atoms with Crippen LogP contribution in [0.25, 0.3) is 0 Å². The van der Waals surface area contributed by atoms with Gasteiger partial charge in [-0.1, -0.05) is 0 Å². The van der Waals surface area contributed by atoms with E-state index in [1.165, 1.54) is 13.8 Å². The number of rotatable bonds is 4. The SMILES string of the molecule is CC(C)(O)CNC(=O)c1cc(F)c(F)cc1C(N)=O. The second-order valence-electron chi connectivity index (χ2n) is 4.67. The van der Waals surface area contributed by atoms with Crippen molar-refractivity contribution in [3.05, 3.63) is 34.9 Å². The first-order chi connectivity index (χ1) is 8.61. The molecular formula is C12H14F2N2O3. The molecule has 0 bridgehead atoms. The molecule has 7 heteroatoms. The summed E-state index contributed by atoms with van der Waals surface area (Å²) in [6, 6.07) is 1.16. The molecule has 4 N–H and O–H groups in total. The first kappa shape index (κ1) is 15.0. The van der Waals surface area contributed by atoms with Crippen LogP contribution in [0, 0.1) is 11.6 Å². The van der Waals surface area contributed by atoms with E-state index in [4.69, 9.17) is 5.73 Å². The first-order valence-electron chi connectivity index (χ1n) is 5.41. The highest BCUT2D eigenvalue weighted by molar-refractivity contribution is 6.06. The summed E-state index contributed by atoms with van der Waals surface area (Å²) >= 11 is 0. The Balaban J connectivity index is 3.08. The minimum atomic E-state index is -1.27. The lowest BCUT2D eigenvalue weighted by molar-refractivity contribution is 0.0693. The Bertz CT molecular complexity index is 524. The van der Waals surface area contributed by atoms with Crippen LogP contribution >= 0.6 is 0 Å². The van der Waals surface area contributed by atoms with Gasteiger partial charge in [0, 0.05) is 6.54 Å². The van der Waals surface area contributed by atoms with Gasteiger partial charge in [-0.05, 0) is 26.0 Å². The molecule has 0 spiro atoms. The van der Waals surface area contributed by atoms with Gasteiger partial charge in [-0.25, -0.2) is 8.78 Å². The van der Waals surface area contributed by atoms with Gasteiger partial charge in [-0.15, -0.1) is 0 Å². The Hall–Kier alpha value is -2.02. The standard InChI is InChI=1S/C12H14F2N2O3/c1-12(2,19)5-16-11(18)7-4-9(14)8(13)3-6(7)10(15)17/h3-4,19H,5H2,1-2H3,(H2,15,17)(H,16,18). The molecule has 0 saturated carbocycles. The number of hydrogen-bond donors (Lipinski definition) is 3. The van der Waals surface area contributed by atoms with E-state index in [2.05, 4.69) is 5.32 Å². The van der Waals surface area contributed by atoms with E-state index in [1.807, 2.05) is 0 Å². The highest BCUT2D eigenvalue weighted by atomic mass is 19.2. The zero-order chi connectivity index (χ0) is 14.8. The normalized spacial score (nSPS) is 11.2. The molecule has 0 saturated heterocycles. The summed E-state index contributed by atoms with van der Waals surface area (Å²) in [5, 5.41) is 11.7. The van der Waals surface area contributed by atoms with Gasteiger partial charge in [-0.2, -0.15) is 0 Å². The van der Waals surface area contributed by atoms with E-state index in [9.17, 15) is 23.5 Å². The fourth-order valence-electron chi connectivity index (χ4n) is 1.33. The van der Waals surface area contributed by atoms with E-state index in [1.54, 1.807) is 0 Å². The average molecular weight is 272 g/mol. The molecule has 0 unspecified atom stereocenters. The fraction of sp³-hybridized carbons (Fsp3) is 0.333. The number of aliphatic hydroxyl groups is 1. The van der Waals surface area contributed by atoms with Crippen molar-refractivity contribution >= 4 is 11.8 Å². The van der Waals surface area contributed by atoms with Crippen molar-refractivity contribution in [1.29, 1.82) is 0 Å². The van der Waals surface area contributed by atoms with Gasteiger partial charge in [0.15, 0.2) is 11.6 Å². The Morgan fingerprint density at radius 1 is 1.26 bits per heavy atom. The van der Waals surface area contributed by atoms with Gasteiger partial charge >= 0.3 is 0 Å². The van der Waals surface area contributed by atoms with Crippen molar-refractivity contribution in [2.24, 2.45) is 5.73 Å². The molecule has 0 aromatic heterocycles. The number of primary amides is 1. The number of hydrogen-bond acceptors (Lipinski definition) is 3. The van der Waals surface area contributed by atoms with Crippen molar-refractivity contribution in [3.63, 3.8) is 0 Å². The molecule has 1 aromatic carbocycles. The number of carbonyl (C=O) groups excluding carboxylic acids is 2. The molecule has 0 fully saturated rings. The third kappa shape index (κ3) is 3.99. The number of nitrogens with one attached hydrogen (secondary N) is 1. The minimum absolute atomic E-state index is 0.122. The smallest absolute Gasteiger partial charge is 0.252 e. The number of nitrogens with two attached hydrogens (primary N) is 1. The van der Waals surface area contributed by atoms with Crippen LogP contribution in [-0.4, -0.2) is 29.1 Å². The van der Waals surface area contributed by atoms with Crippen LogP contribution < -0.4 is 11.1 Å². The van der Waals surface area contributed by atoms with Gasteiger partial charge in [-0.3, -0.25) is 9.59 Å². The molecular weight excluding hydrogens is 258 g/mol. The summed E-state index contributed by atoms with van der Waals surface area (Å²) in [5.74, 6) is -4.41. The maximum atomic E-state index is 13.1. The second kappa shape index (κ2) is 5.31. The number of halogens is 2. The van der Waals surface area contributed by atoms with Gasteiger partial charge < -0.3 is 16.2 Å². The van der Waals surface area contributed by atoms with E-state index in [0.29, 0.717) is 12.1 Å². The Morgan fingerprint density at radius 3 is 2.16 bits per heavy atom. The summed E-state index contributed by atoms with van der Waals surface area (Å²) in [7, 11) is 0. The molecule has 19 heavy (non-hydrogen) atoms. The highest BCUT2D eigenvalue weighted by Gasteiger charge is 2.21. The third-order valence-electron chi connectivity index (χ3n) is 2.25. The van der Waals surface area contributed by atoms with E-state index in [-0.39, 0.29) is 12.1 Å². The van der Waals surface area contributed by atoms with Crippen LogP contribution in [0.5, 0.6) is 0 Å². The van der Waals surface area contributed by atoms with Crippen LogP contribution in [-0.2, 0) is 0 Å². The summed E-state index contributed by atoms with van der Waals surface area (Å²) < 4.78 is 26.1. The van der Waals surface area contributed by atoms with Crippen molar-refractivity contribution in [2.45, 2.75) is 19.4 Å². The molecule has 1 aromatic rings. The lowest BCUT2D eigenvalue weighted by atomic mass is 10.0. The van der Waals surface area contributed by atoms with Gasteiger partial charge in [0.25, 0.3) is 5.91 Å². The zero-order valence-electron chi connectivity index (χ0n) is 10.5. The summed E-state index contributed by atoms with van der Waals surface area (Å²) in [4.78, 5) is 22.9. The van der Waals surface area contributed by atoms with Crippen LogP contribution in [0.3, 0.4) is 0 Å². The highest BCUT2D eigenvalue weighted by Crippen LogP contribution is 2.15. The summed E-state index contributed by atoms with van der Waals surface area (Å²) in [5.41, 5.74) is 3.01. The summed E-state index contributed by atoms with van der Waals surface area (Å²) in [6.45, 7) is 2.78. The summed E-state index contributed by atoms with van der Waals surface area (Å²) in [6.07, 6.45) is 0. The van der Waals surface area contributed by atoms with Crippen LogP contribution in [0.2, 0.25) is 0 Å². The Morgan fingerprint density at radius 2 is 1.74 bits per heavy atom. The Kier molecular flexibility index (Phi) is 4.21. The Labute approximate surface area is 108 Å². The quantitative estimate of drug-likeness (QED) is 0.748. The molecule has 2 amide bonds. The molecule has 104 valence electrons. The lowest BCUT2D eigenvalue weighted by Crippen LogP contribution is -2.39. The molecule has 0 aliphatic rings. The maximum Gasteiger partial charge on any atom is 0.252 e. The molecule has 0 radical (unpaired) electrons. The van der Waals surface area contributed by atoms with Crippen molar-refractivity contribution in [3.8, 4) is 0 Å². The first-order valence-corrected chi connectivity index (χ1v) is 5.41. The third-order valence-corrected chi connectivity index (χ3v) is 2.25. The van der Waals surface area contributed by atoms with Crippen molar-refractivity contribution in [2.75, 3.05) is 6.54 Å². The predicted molar refractivity (Wildman–Crippen MR) is 63.5 cm³/mol. The molecule has 0 aliphatic heterocycles. The van der Waals surface area contributed by atoms with Gasteiger partial charge in [0.2, 0.25) is 5.91 Å². The molecule has 5 nitrogen and oxygen atoms in total. The van der Waals surface area contributed by atoms with E-state index >= 15 is 0 Å². The monoisotopic (exact) mass is 272 g/mol. The molecule has 0 aliphatic carbocycles. The van der Waals surface area contributed by atoms with E-state index < -0.39 is 34.6 Å². The maximum absolute atomic E-state index is 13.1. The van der Waals surface area contributed by atoms with Crippen molar-refractivity contribution < 1.29 is 23.5 Å². The van der Waals surface area contributed by atoms with Crippen LogP contribution in [0.1, 0.15) is 34.6 Å². The van der Waals surface area contributed by atoms with Crippen LogP contribution in [0.15, 0.2) is 12.1 Å². The molecule has 0 heterocycles. The fourth-order valence-corrected chi connectivity index (χ4v) is 1.33. The van der Waals surface area contributed by atoms with E-state index in [0.717, 1.165) is 0 Å². The number of benzene rings is 1. The van der Waals surface area contributed by atoms with Gasteiger partial charge in [0.05, 0.1) is 16.7 Å². The number of amides is 2. The zero-order valence-corrected chi connectivity index (χ0v) is 10.5. The second-order valence-corrected chi connectivity index (χ2v) is 4.67. The van der Waals surface area contributed by atoms with Gasteiger partial charge in [0.1, 0.15) is 0 Å².